The van der Waals surface area contributed by atoms with Crippen LogP contribution in [0.15, 0.2) is 29.2 Å². The second-order valence-corrected chi connectivity index (χ2v) is 9.21. The molecule has 2 aromatic heterocycles. The molecule has 1 N–H and O–H groups in total. The van der Waals surface area contributed by atoms with Gasteiger partial charge >= 0.3 is 6.03 Å². The molecule has 0 aliphatic carbocycles. The normalized spacial score (nSPS) is 20.8. The van der Waals surface area contributed by atoms with Gasteiger partial charge in [-0.1, -0.05) is 33.8 Å². The topological polar surface area (TPSA) is 72.2 Å². The number of piperidine rings is 1. The number of hydrogen-bond donors (Lipinski definition) is 1. The third kappa shape index (κ3) is 3.82. The van der Waals surface area contributed by atoms with E-state index in [9.17, 15) is 9.59 Å². The Morgan fingerprint density at radius 1 is 1.21 bits per heavy atom. The van der Waals surface area contributed by atoms with Gasteiger partial charge in [-0.05, 0) is 30.2 Å². The number of pyridine rings is 1. The number of likely N-dealkylation sites (tertiary alicyclic amines) is 1. The highest BCUT2D eigenvalue weighted by molar-refractivity contribution is 5.90. The Balaban J connectivity index is 1.52. The van der Waals surface area contributed by atoms with E-state index in [4.69, 9.17) is 0 Å². The number of hydrogen-bond acceptors (Lipinski definition) is 3. The lowest BCUT2D eigenvalue weighted by Gasteiger charge is -2.42. The van der Waals surface area contributed by atoms with E-state index in [1.165, 1.54) is 0 Å². The van der Waals surface area contributed by atoms with E-state index in [1.54, 1.807) is 12.3 Å². The molecule has 1 saturated heterocycles. The molecule has 2 aliphatic rings. The molecule has 2 amide bonds. The van der Waals surface area contributed by atoms with Gasteiger partial charge in [-0.25, -0.2) is 4.79 Å². The number of amides is 2. The second-order valence-electron chi connectivity index (χ2n) is 9.21. The van der Waals surface area contributed by atoms with Gasteiger partial charge in [-0.15, -0.1) is 0 Å². The van der Waals surface area contributed by atoms with Gasteiger partial charge < -0.3 is 14.8 Å². The summed E-state index contributed by atoms with van der Waals surface area (Å²) in [5.41, 5.74) is 2.99. The van der Waals surface area contributed by atoms with E-state index >= 15 is 0 Å². The molecule has 0 spiro atoms. The lowest BCUT2D eigenvalue weighted by molar-refractivity contribution is 0.139. The van der Waals surface area contributed by atoms with Crippen molar-refractivity contribution in [3.05, 3.63) is 46.1 Å². The number of carbonyl (C=O) groups excluding carboxylic acids is 1. The van der Waals surface area contributed by atoms with Crippen LogP contribution in [0.5, 0.6) is 0 Å². The maximum Gasteiger partial charge on any atom is 0.321 e. The zero-order valence-electron chi connectivity index (χ0n) is 17.8. The molecule has 4 heterocycles. The lowest BCUT2D eigenvalue weighted by atomic mass is 9.83. The highest BCUT2D eigenvalue weighted by Crippen LogP contribution is 2.35. The van der Waals surface area contributed by atoms with Crippen LogP contribution in [0.3, 0.4) is 0 Å². The predicted octanol–water partition coefficient (Wildman–Crippen LogP) is 3.48. The first-order valence-corrected chi connectivity index (χ1v) is 10.6. The van der Waals surface area contributed by atoms with Crippen molar-refractivity contribution in [1.82, 2.24) is 19.2 Å². The smallest absolute Gasteiger partial charge is 0.321 e. The molecule has 2 bridgehead atoms. The third-order valence-electron chi connectivity index (χ3n) is 5.97. The maximum atomic E-state index is 13.1. The van der Waals surface area contributed by atoms with Gasteiger partial charge in [0.15, 0.2) is 0 Å². The van der Waals surface area contributed by atoms with Crippen LogP contribution in [0.4, 0.5) is 10.5 Å². The van der Waals surface area contributed by atoms with Crippen molar-refractivity contribution in [2.24, 2.45) is 11.8 Å². The van der Waals surface area contributed by atoms with E-state index < -0.39 is 0 Å². The Bertz CT molecular complexity index is 958. The summed E-state index contributed by atoms with van der Waals surface area (Å²) in [5.74, 6) is 1.29. The van der Waals surface area contributed by atoms with Crippen LogP contribution in [0.25, 0.3) is 0 Å². The molecule has 156 valence electrons. The van der Waals surface area contributed by atoms with Gasteiger partial charge in [-0.2, -0.15) is 5.10 Å². The Kier molecular flexibility index (Phi) is 5.23. The summed E-state index contributed by atoms with van der Waals surface area (Å²) < 4.78 is 3.90. The van der Waals surface area contributed by atoms with Crippen molar-refractivity contribution in [3.8, 4) is 0 Å². The Hall–Kier alpha value is -2.57. The molecular formula is C22H31N5O2. The van der Waals surface area contributed by atoms with Crippen LogP contribution >= 0.6 is 0 Å². The molecule has 7 nitrogen and oxygen atoms in total. The van der Waals surface area contributed by atoms with Gasteiger partial charge in [0.1, 0.15) is 0 Å². The van der Waals surface area contributed by atoms with Crippen molar-refractivity contribution >= 4 is 11.7 Å². The number of fused-ring (bicyclic) bond motifs is 4. The standard InChI is InChI=1S/C22H31N5O2/c1-14(2)10-27-21(15(3)4)18(9-23-27)24-22(29)25-11-16-8-17(13-25)19-6-5-7-20(28)26(19)12-16/h5-7,9,14-17H,8,10-13H2,1-4H3,(H,24,29)/t16-,17+/m0/s1. The summed E-state index contributed by atoms with van der Waals surface area (Å²) >= 11 is 0. The summed E-state index contributed by atoms with van der Waals surface area (Å²) in [6.45, 7) is 11.4. The first-order valence-electron chi connectivity index (χ1n) is 10.6. The van der Waals surface area contributed by atoms with Crippen molar-refractivity contribution in [1.29, 1.82) is 0 Å². The summed E-state index contributed by atoms with van der Waals surface area (Å²) in [7, 11) is 0. The first kappa shape index (κ1) is 19.7. The molecule has 29 heavy (non-hydrogen) atoms. The zero-order chi connectivity index (χ0) is 20.7. The fourth-order valence-corrected chi connectivity index (χ4v) is 4.85. The van der Waals surface area contributed by atoms with Crippen molar-refractivity contribution < 1.29 is 4.79 Å². The van der Waals surface area contributed by atoms with E-state index in [-0.39, 0.29) is 23.4 Å². The van der Waals surface area contributed by atoms with Gasteiger partial charge in [0.2, 0.25) is 0 Å². The molecule has 4 rings (SSSR count). The van der Waals surface area contributed by atoms with Crippen LogP contribution < -0.4 is 10.9 Å². The van der Waals surface area contributed by atoms with E-state index in [0.29, 0.717) is 31.5 Å². The zero-order valence-corrected chi connectivity index (χ0v) is 17.8. The Morgan fingerprint density at radius 3 is 2.72 bits per heavy atom. The van der Waals surface area contributed by atoms with E-state index in [0.717, 1.165) is 30.0 Å². The number of carbonyl (C=O) groups is 1. The van der Waals surface area contributed by atoms with Gasteiger partial charge in [0, 0.05) is 43.9 Å². The summed E-state index contributed by atoms with van der Waals surface area (Å²) in [4.78, 5) is 27.2. The summed E-state index contributed by atoms with van der Waals surface area (Å²) in [6.07, 6.45) is 2.81. The van der Waals surface area contributed by atoms with Crippen molar-refractivity contribution in [2.45, 2.75) is 59.0 Å². The van der Waals surface area contributed by atoms with Crippen molar-refractivity contribution in [3.63, 3.8) is 0 Å². The number of nitrogens with zero attached hydrogens (tertiary/aromatic N) is 4. The minimum absolute atomic E-state index is 0.0641. The Labute approximate surface area is 171 Å². The highest BCUT2D eigenvalue weighted by atomic mass is 16.2. The number of nitrogens with one attached hydrogen (secondary N) is 1. The minimum atomic E-state index is -0.0718. The maximum absolute atomic E-state index is 13.1. The van der Waals surface area contributed by atoms with Gasteiger partial charge in [0.05, 0.1) is 17.6 Å². The lowest BCUT2D eigenvalue weighted by Crippen LogP contribution is -2.50. The fraction of sp³-hybridized carbons (Fsp3) is 0.591. The van der Waals surface area contributed by atoms with Crippen LogP contribution in [0.1, 0.15) is 57.3 Å². The molecular weight excluding hydrogens is 366 g/mol. The van der Waals surface area contributed by atoms with Crippen molar-refractivity contribution in [2.75, 3.05) is 18.4 Å². The average Bonchev–Trinajstić information content (AvgIpc) is 3.04. The van der Waals surface area contributed by atoms with Gasteiger partial charge in [-0.3, -0.25) is 9.48 Å². The summed E-state index contributed by atoms with van der Waals surface area (Å²) in [5, 5.41) is 7.63. The Morgan fingerprint density at radius 2 is 2.00 bits per heavy atom. The molecule has 2 aromatic rings. The predicted molar refractivity (Wildman–Crippen MR) is 113 cm³/mol. The molecule has 1 fully saturated rings. The molecule has 0 aromatic carbocycles. The third-order valence-corrected chi connectivity index (χ3v) is 5.97. The average molecular weight is 398 g/mol. The molecule has 0 unspecified atom stereocenters. The monoisotopic (exact) mass is 397 g/mol. The summed E-state index contributed by atoms with van der Waals surface area (Å²) in [6, 6.07) is 5.40. The molecule has 2 atom stereocenters. The largest absolute Gasteiger partial charge is 0.324 e. The second kappa shape index (κ2) is 7.69. The SMILES string of the molecule is CC(C)Cn1ncc(NC(=O)N2C[C@@H]3C[C@H](C2)c2cccc(=O)n2C3)c1C(C)C. The minimum Gasteiger partial charge on any atom is -0.324 e. The van der Waals surface area contributed by atoms with E-state index in [2.05, 4.69) is 38.1 Å². The van der Waals surface area contributed by atoms with Crippen LogP contribution in [-0.2, 0) is 13.1 Å². The van der Waals surface area contributed by atoms with E-state index in [1.807, 2.05) is 26.3 Å². The number of urea groups is 1. The molecule has 0 radical (unpaired) electrons. The number of aromatic nitrogens is 3. The highest BCUT2D eigenvalue weighted by Gasteiger charge is 2.36. The van der Waals surface area contributed by atoms with Crippen LogP contribution in [0, 0.1) is 11.8 Å². The molecule has 2 aliphatic heterocycles. The van der Waals surface area contributed by atoms with Gasteiger partial charge in [0.25, 0.3) is 5.56 Å². The molecule has 7 heteroatoms. The quantitative estimate of drug-likeness (QED) is 0.859. The molecule has 0 saturated carbocycles. The fourth-order valence-electron chi connectivity index (χ4n) is 4.85. The van der Waals surface area contributed by atoms with Crippen LogP contribution in [0.2, 0.25) is 0 Å². The first-order chi connectivity index (χ1) is 13.8. The number of rotatable bonds is 4. The van der Waals surface area contributed by atoms with Crippen LogP contribution in [-0.4, -0.2) is 38.4 Å². The number of anilines is 1.